The summed E-state index contributed by atoms with van der Waals surface area (Å²) >= 11 is 0. The van der Waals surface area contributed by atoms with Crippen LogP contribution >= 0.6 is 0 Å². The van der Waals surface area contributed by atoms with E-state index < -0.39 is 8.32 Å². The molecule has 0 unspecified atom stereocenters. The van der Waals surface area contributed by atoms with E-state index in [2.05, 4.69) is 108 Å². The molecule has 2 rings (SSSR count). The quantitative estimate of drug-likeness (QED) is 0.305. The van der Waals surface area contributed by atoms with Crippen LogP contribution in [0.15, 0.2) is 85.5 Å². The zero-order valence-corrected chi connectivity index (χ0v) is 21.2. The van der Waals surface area contributed by atoms with E-state index >= 15 is 0 Å². The van der Waals surface area contributed by atoms with Crippen LogP contribution in [0, 0.1) is 0 Å². The largest absolute Gasteiger partial charge is 0.402 e. The number of ether oxygens (including phenoxy) is 1. The van der Waals surface area contributed by atoms with Gasteiger partial charge in [-0.2, -0.15) is 0 Å². The van der Waals surface area contributed by atoms with Gasteiger partial charge in [0.05, 0.1) is 18.3 Å². The minimum atomic E-state index is -2.63. The predicted octanol–water partition coefficient (Wildman–Crippen LogP) is 6.27. The van der Waals surface area contributed by atoms with Crippen molar-refractivity contribution in [2.45, 2.75) is 77.7 Å². The molecule has 2 aromatic carbocycles. The third-order valence-corrected chi connectivity index (χ3v) is 11.1. The van der Waals surface area contributed by atoms with E-state index in [1.54, 1.807) is 0 Å². The van der Waals surface area contributed by atoms with Crippen LogP contribution in [0.5, 0.6) is 0 Å². The molecule has 0 aliphatic carbocycles. The Morgan fingerprint density at radius 2 is 1.48 bits per heavy atom. The van der Waals surface area contributed by atoms with E-state index in [0.717, 1.165) is 18.4 Å². The van der Waals surface area contributed by atoms with Gasteiger partial charge >= 0.3 is 0 Å². The van der Waals surface area contributed by atoms with E-state index in [1.807, 2.05) is 13.0 Å². The smallest absolute Gasteiger partial charge is 0.261 e. The first-order valence-corrected chi connectivity index (χ1v) is 13.3. The molecule has 0 aromatic heterocycles. The summed E-state index contributed by atoms with van der Waals surface area (Å²) in [6.07, 6.45) is 3.41. The SMILES string of the molecule is C=CC[C@@H](O[C@@H](CC)C(=C)C)[C@H](C)O[Si](c1ccccc1)(c1ccccc1)C(C)(C)C. The normalized spacial score (nSPS) is 15.2. The highest BCUT2D eigenvalue weighted by Crippen LogP contribution is 2.38. The summed E-state index contributed by atoms with van der Waals surface area (Å²) in [5.74, 6) is 0. The lowest BCUT2D eigenvalue weighted by molar-refractivity contribution is -0.0511. The first-order valence-electron chi connectivity index (χ1n) is 11.4. The first kappa shape index (κ1) is 25.3. The summed E-state index contributed by atoms with van der Waals surface area (Å²) in [5, 5.41) is 2.50. The van der Waals surface area contributed by atoms with Crippen LogP contribution in [0.3, 0.4) is 0 Å². The molecule has 0 saturated heterocycles. The van der Waals surface area contributed by atoms with Gasteiger partial charge in [0.1, 0.15) is 0 Å². The second-order valence-corrected chi connectivity index (χ2v) is 13.7. The van der Waals surface area contributed by atoms with Crippen molar-refractivity contribution in [3.8, 4) is 0 Å². The van der Waals surface area contributed by atoms with Gasteiger partial charge in [0.2, 0.25) is 0 Å². The Bertz CT molecular complexity index is 784. The Balaban J connectivity index is 2.56. The van der Waals surface area contributed by atoms with Gasteiger partial charge < -0.3 is 9.16 Å². The average Bonchev–Trinajstić information content (AvgIpc) is 2.74. The zero-order valence-electron chi connectivity index (χ0n) is 20.2. The van der Waals surface area contributed by atoms with Crippen LogP contribution in [0.25, 0.3) is 0 Å². The van der Waals surface area contributed by atoms with Crippen LogP contribution < -0.4 is 10.4 Å². The second kappa shape index (κ2) is 11.1. The van der Waals surface area contributed by atoms with Gasteiger partial charge in [0.15, 0.2) is 0 Å². The van der Waals surface area contributed by atoms with Gasteiger partial charge in [-0.05, 0) is 42.1 Å². The molecule has 0 aliphatic heterocycles. The van der Waals surface area contributed by atoms with Gasteiger partial charge in [-0.15, -0.1) is 6.58 Å². The molecule has 0 N–H and O–H groups in total. The fourth-order valence-corrected chi connectivity index (χ4v) is 9.06. The third kappa shape index (κ3) is 5.85. The highest BCUT2D eigenvalue weighted by atomic mass is 28.4. The standard InChI is InChI=1S/C28H40O2Si/c1-9-17-27(29-26(10-2)22(3)4)23(5)30-31(28(6,7)8,24-18-13-11-14-19-24)25-20-15-12-16-21-25/h9,11-16,18-21,23,26-27H,1,3,10,17H2,2,4-8H3/t23-,26-,27+/m0/s1. The number of hydrogen-bond donors (Lipinski definition) is 0. The van der Waals surface area contributed by atoms with Crippen LogP contribution in [0.2, 0.25) is 5.04 Å². The van der Waals surface area contributed by atoms with E-state index in [0.29, 0.717) is 0 Å². The van der Waals surface area contributed by atoms with Gasteiger partial charge in [0.25, 0.3) is 8.32 Å². The summed E-state index contributed by atoms with van der Waals surface area (Å²) < 4.78 is 13.8. The van der Waals surface area contributed by atoms with Crippen LogP contribution in [-0.4, -0.2) is 26.6 Å². The Morgan fingerprint density at radius 1 is 1.00 bits per heavy atom. The van der Waals surface area contributed by atoms with Crippen molar-refractivity contribution in [2.75, 3.05) is 0 Å². The number of rotatable bonds is 11. The zero-order chi connectivity index (χ0) is 23.1. The van der Waals surface area contributed by atoms with Crippen molar-refractivity contribution >= 4 is 18.7 Å². The third-order valence-electron chi connectivity index (χ3n) is 5.96. The second-order valence-electron chi connectivity index (χ2n) is 9.43. The maximum absolute atomic E-state index is 7.25. The average molecular weight is 437 g/mol. The summed E-state index contributed by atoms with van der Waals surface area (Å²) in [6.45, 7) is 21.3. The summed E-state index contributed by atoms with van der Waals surface area (Å²) in [7, 11) is -2.63. The predicted molar refractivity (Wildman–Crippen MR) is 137 cm³/mol. The van der Waals surface area contributed by atoms with Crippen LogP contribution in [-0.2, 0) is 9.16 Å². The number of hydrogen-bond acceptors (Lipinski definition) is 2. The van der Waals surface area contributed by atoms with Crippen LogP contribution in [0.1, 0.15) is 54.4 Å². The summed E-state index contributed by atoms with van der Waals surface area (Å²) in [6, 6.07) is 21.5. The van der Waals surface area contributed by atoms with E-state index in [4.69, 9.17) is 9.16 Å². The topological polar surface area (TPSA) is 18.5 Å². The molecule has 2 aromatic rings. The van der Waals surface area contributed by atoms with Gasteiger partial charge in [0, 0.05) is 0 Å². The van der Waals surface area contributed by atoms with Crippen molar-refractivity contribution in [1.82, 2.24) is 0 Å². The molecule has 0 fully saturated rings. The van der Waals surface area contributed by atoms with Crippen molar-refractivity contribution in [3.63, 3.8) is 0 Å². The van der Waals surface area contributed by atoms with Gasteiger partial charge in [-0.25, -0.2) is 0 Å². The van der Waals surface area contributed by atoms with Gasteiger partial charge in [-0.1, -0.05) is 107 Å². The molecule has 0 spiro atoms. The van der Waals surface area contributed by atoms with Gasteiger partial charge in [-0.3, -0.25) is 0 Å². The summed E-state index contributed by atoms with van der Waals surface area (Å²) in [5.41, 5.74) is 1.05. The van der Waals surface area contributed by atoms with E-state index in [-0.39, 0.29) is 23.4 Å². The maximum atomic E-state index is 7.25. The summed E-state index contributed by atoms with van der Waals surface area (Å²) in [4.78, 5) is 0. The van der Waals surface area contributed by atoms with E-state index in [1.165, 1.54) is 10.4 Å². The molecule has 2 nitrogen and oxygen atoms in total. The molecule has 0 radical (unpaired) electrons. The Labute approximate surface area is 191 Å². The van der Waals surface area contributed by atoms with Crippen molar-refractivity contribution in [2.24, 2.45) is 0 Å². The fourth-order valence-electron chi connectivity index (χ4n) is 4.34. The molecule has 3 atom stereocenters. The molecular formula is C28H40O2Si. The monoisotopic (exact) mass is 436 g/mol. The Kier molecular flexibility index (Phi) is 9.05. The van der Waals surface area contributed by atoms with Crippen molar-refractivity contribution < 1.29 is 9.16 Å². The minimum absolute atomic E-state index is 0.0233. The van der Waals surface area contributed by atoms with E-state index in [9.17, 15) is 0 Å². The fraction of sp³-hybridized carbons (Fsp3) is 0.429. The molecule has 0 bridgehead atoms. The molecule has 0 amide bonds. The molecule has 31 heavy (non-hydrogen) atoms. The molecule has 168 valence electrons. The highest BCUT2D eigenvalue weighted by molar-refractivity contribution is 6.99. The molecule has 3 heteroatoms. The molecule has 0 heterocycles. The lowest BCUT2D eigenvalue weighted by Crippen LogP contribution is -2.68. The molecule has 0 aliphatic rings. The number of benzene rings is 2. The molecule has 0 saturated carbocycles. The highest BCUT2D eigenvalue weighted by Gasteiger charge is 2.51. The van der Waals surface area contributed by atoms with Crippen molar-refractivity contribution in [3.05, 3.63) is 85.5 Å². The lowest BCUT2D eigenvalue weighted by atomic mass is 10.1. The van der Waals surface area contributed by atoms with Crippen LogP contribution in [0.4, 0.5) is 0 Å². The Morgan fingerprint density at radius 3 is 1.84 bits per heavy atom. The lowest BCUT2D eigenvalue weighted by Gasteiger charge is -2.46. The maximum Gasteiger partial charge on any atom is 0.261 e. The first-order chi connectivity index (χ1) is 14.7. The minimum Gasteiger partial charge on any atom is -0.402 e. The molecular weight excluding hydrogens is 396 g/mol. The van der Waals surface area contributed by atoms with Crippen molar-refractivity contribution in [1.29, 1.82) is 0 Å². The Hall–Kier alpha value is -1.94.